The monoisotopic (exact) mass is 381 g/mol. The lowest BCUT2D eigenvalue weighted by Gasteiger charge is -2.09. The molecule has 0 aliphatic carbocycles. The minimum atomic E-state index is -0.787. The summed E-state index contributed by atoms with van der Waals surface area (Å²) in [4.78, 5) is 27.9. The molecule has 0 unspecified atom stereocenters. The third-order valence-electron chi connectivity index (χ3n) is 4.32. The number of aromatic hydroxyl groups is 1. The van der Waals surface area contributed by atoms with Gasteiger partial charge in [-0.15, -0.1) is 0 Å². The zero-order valence-electron chi connectivity index (χ0n) is 15.3. The molecule has 0 bridgehead atoms. The Morgan fingerprint density at radius 3 is 2.29 bits per heavy atom. The van der Waals surface area contributed by atoms with Crippen molar-refractivity contribution in [2.75, 3.05) is 20.0 Å². The number of hydrogen-bond donors (Lipinski definition) is 4. The number of anilines is 1. The fourth-order valence-corrected chi connectivity index (χ4v) is 2.95. The highest BCUT2D eigenvalue weighted by Crippen LogP contribution is 2.37. The maximum Gasteiger partial charge on any atom is 0.253 e. The summed E-state index contributed by atoms with van der Waals surface area (Å²) in [5.41, 5.74) is 12.6. The summed E-state index contributed by atoms with van der Waals surface area (Å²) >= 11 is 0. The third kappa shape index (κ3) is 3.23. The smallest absolute Gasteiger partial charge is 0.253 e. The first-order chi connectivity index (χ1) is 13.4. The van der Waals surface area contributed by atoms with E-state index in [1.165, 1.54) is 32.4 Å². The van der Waals surface area contributed by atoms with Crippen LogP contribution in [0.15, 0.2) is 42.5 Å². The molecule has 3 aromatic rings. The summed E-state index contributed by atoms with van der Waals surface area (Å²) in [6.45, 7) is 0. The Morgan fingerprint density at radius 2 is 1.71 bits per heavy atom. The van der Waals surface area contributed by atoms with Gasteiger partial charge in [-0.1, -0.05) is 6.07 Å². The average Bonchev–Trinajstić information content (AvgIpc) is 3.05. The van der Waals surface area contributed by atoms with Crippen molar-refractivity contribution in [3.05, 3.63) is 59.3 Å². The van der Waals surface area contributed by atoms with E-state index in [4.69, 9.17) is 20.9 Å². The number of aromatic nitrogens is 1. The van der Waals surface area contributed by atoms with E-state index in [-0.39, 0.29) is 39.9 Å². The molecule has 1 amide bonds. The quantitative estimate of drug-likeness (QED) is 0.483. The van der Waals surface area contributed by atoms with Crippen LogP contribution in [-0.4, -0.2) is 36.0 Å². The Labute approximate surface area is 160 Å². The molecule has 2 aromatic carbocycles. The second kappa shape index (κ2) is 7.36. The topological polar surface area (TPSA) is 141 Å². The SMILES string of the molecule is COc1ccc(C(=O)c2[nH]c(N)c(C(N)=O)c2-c2ccc(O)c(OC)c2)cc1. The van der Waals surface area contributed by atoms with Gasteiger partial charge >= 0.3 is 0 Å². The number of ketones is 1. The van der Waals surface area contributed by atoms with Crippen molar-refractivity contribution in [1.82, 2.24) is 4.98 Å². The van der Waals surface area contributed by atoms with Crippen LogP contribution in [0, 0.1) is 0 Å². The number of H-pyrrole nitrogens is 1. The number of rotatable bonds is 6. The molecule has 1 aromatic heterocycles. The molecule has 0 radical (unpaired) electrons. The highest BCUT2D eigenvalue weighted by atomic mass is 16.5. The zero-order chi connectivity index (χ0) is 20.4. The number of phenols is 1. The highest BCUT2D eigenvalue weighted by molar-refractivity contribution is 6.17. The van der Waals surface area contributed by atoms with E-state index in [9.17, 15) is 14.7 Å². The number of nitrogen functional groups attached to an aromatic ring is 1. The molecule has 0 saturated carbocycles. The molecule has 0 saturated heterocycles. The van der Waals surface area contributed by atoms with Crippen LogP contribution in [0.1, 0.15) is 26.4 Å². The number of primary amides is 1. The number of benzene rings is 2. The zero-order valence-corrected chi connectivity index (χ0v) is 15.3. The van der Waals surface area contributed by atoms with Gasteiger partial charge in [0.1, 0.15) is 11.6 Å². The molecule has 3 rings (SSSR count). The number of hydrogen-bond acceptors (Lipinski definition) is 6. The molecule has 1 heterocycles. The van der Waals surface area contributed by atoms with Crippen LogP contribution in [0.4, 0.5) is 5.82 Å². The number of carbonyl (C=O) groups excluding carboxylic acids is 2. The minimum absolute atomic E-state index is 0.00963. The normalized spacial score (nSPS) is 10.5. The van der Waals surface area contributed by atoms with Crippen LogP contribution in [0.2, 0.25) is 0 Å². The molecule has 8 heteroatoms. The molecule has 6 N–H and O–H groups in total. The molecule has 0 fully saturated rings. The molecule has 0 aliphatic heterocycles. The number of amides is 1. The lowest BCUT2D eigenvalue weighted by molar-refractivity contribution is 0.100. The summed E-state index contributed by atoms with van der Waals surface area (Å²) in [5.74, 6) is -0.502. The molecular formula is C20H19N3O5. The molecule has 28 heavy (non-hydrogen) atoms. The predicted molar refractivity (Wildman–Crippen MR) is 104 cm³/mol. The van der Waals surface area contributed by atoms with Crippen molar-refractivity contribution in [2.24, 2.45) is 5.73 Å². The summed E-state index contributed by atoms with van der Waals surface area (Å²) in [5, 5.41) is 9.84. The summed E-state index contributed by atoms with van der Waals surface area (Å²) < 4.78 is 10.2. The van der Waals surface area contributed by atoms with Gasteiger partial charge in [0, 0.05) is 11.1 Å². The maximum atomic E-state index is 13.1. The summed E-state index contributed by atoms with van der Waals surface area (Å²) in [7, 11) is 2.92. The van der Waals surface area contributed by atoms with E-state index in [0.29, 0.717) is 16.9 Å². The number of nitrogens with two attached hydrogens (primary N) is 2. The number of carbonyl (C=O) groups is 2. The lowest BCUT2D eigenvalue weighted by atomic mass is 9.96. The van der Waals surface area contributed by atoms with Crippen LogP contribution >= 0.6 is 0 Å². The van der Waals surface area contributed by atoms with Crippen molar-refractivity contribution >= 4 is 17.5 Å². The van der Waals surface area contributed by atoms with E-state index < -0.39 is 5.91 Å². The molecule has 0 aliphatic rings. The van der Waals surface area contributed by atoms with Crippen LogP contribution in [-0.2, 0) is 0 Å². The summed E-state index contributed by atoms with van der Waals surface area (Å²) in [6.07, 6.45) is 0. The maximum absolute atomic E-state index is 13.1. The number of methoxy groups -OCH3 is 2. The first kappa shape index (κ1) is 18.8. The van der Waals surface area contributed by atoms with E-state index in [1.807, 2.05) is 0 Å². The fraction of sp³-hybridized carbons (Fsp3) is 0.100. The Bertz CT molecular complexity index is 1050. The standard InChI is InChI=1S/C20H19N3O5/c1-27-12-6-3-10(4-7-12)18(25)17-15(16(20(22)26)19(21)23-17)11-5-8-13(24)14(9-11)28-2/h3-9,23-24H,21H2,1-2H3,(H2,22,26). The van der Waals surface area contributed by atoms with Crippen LogP contribution in [0.3, 0.4) is 0 Å². The highest BCUT2D eigenvalue weighted by Gasteiger charge is 2.26. The van der Waals surface area contributed by atoms with Gasteiger partial charge in [0.15, 0.2) is 11.5 Å². The molecule has 8 nitrogen and oxygen atoms in total. The van der Waals surface area contributed by atoms with E-state index in [0.717, 1.165) is 0 Å². The van der Waals surface area contributed by atoms with Gasteiger partial charge in [0.2, 0.25) is 5.78 Å². The number of nitrogens with one attached hydrogen (secondary N) is 1. The third-order valence-corrected chi connectivity index (χ3v) is 4.32. The van der Waals surface area contributed by atoms with E-state index >= 15 is 0 Å². The first-order valence-corrected chi connectivity index (χ1v) is 8.24. The fourth-order valence-electron chi connectivity index (χ4n) is 2.95. The Hall–Kier alpha value is -3.94. The van der Waals surface area contributed by atoms with Crippen molar-refractivity contribution < 1.29 is 24.2 Å². The van der Waals surface area contributed by atoms with Gasteiger partial charge in [0.25, 0.3) is 5.91 Å². The van der Waals surface area contributed by atoms with Gasteiger partial charge in [-0.2, -0.15) is 0 Å². The van der Waals surface area contributed by atoms with Crippen LogP contribution in [0.25, 0.3) is 11.1 Å². The number of aromatic amines is 1. The largest absolute Gasteiger partial charge is 0.504 e. The van der Waals surface area contributed by atoms with Gasteiger partial charge in [-0.25, -0.2) is 0 Å². The predicted octanol–water partition coefficient (Wildman–Crippen LogP) is 2.32. The van der Waals surface area contributed by atoms with Gasteiger partial charge in [-0.3, -0.25) is 9.59 Å². The minimum Gasteiger partial charge on any atom is -0.504 e. The van der Waals surface area contributed by atoms with Crippen molar-refractivity contribution in [3.8, 4) is 28.4 Å². The van der Waals surface area contributed by atoms with Gasteiger partial charge < -0.3 is 31.0 Å². The van der Waals surface area contributed by atoms with Crippen molar-refractivity contribution in [3.63, 3.8) is 0 Å². The van der Waals surface area contributed by atoms with Crippen molar-refractivity contribution in [1.29, 1.82) is 0 Å². The summed E-state index contributed by atoms with van der Waals surface area (Å²) in [6, 6.07) is 10.9. The molecule has 0 atom stereocenters. The Morgan fingerprint density at radius 1 is 1.04 bits per heavy atom. The van der Waals surface area contributed by atoms with E-state index in [2.05, 4.69) is 4.98 Å². The second-order valence-electron chi connectivity index (χ2n) is 5.97. The number of phenolic OH excluding ortho intramolecular Hbond substituents is 1. The molecule has 144 valence electrons. The van der Waals surface area contributed by atoms with Crippen molar-refractivity contribution in [2.45, 2.75) is 0 Å². The first-order valence-electron chi connectivity index (χ1n) is 8.24. The molecule has 0 spiro atoms. The average molecular weight is 381 g/mol. The van der Waals surface area contributed by atoms with Crippen LogP contribution in [0.5, 0.6) is 17.2 Å². The van der Waals surface area contributed by atoms with Gasteiger partial charge in [-0.05, 0) is 42.0 Å². The van der Waals surface area contributed by atoms with E-state index in [1.54, 1.807) is 24.3 Å². The van der Waals surface area contributed by atoms with Gasteiger partial charge in [0.05, 0.1) is 25.5 Å². The Balaban J connectivity index is 2.20. The molecular weight excluding hydrogens is 362 g/mol. The Kier molecular flexibility index (Phi) is 4.95. The number of ether oxygens (including phenoxy) is 2. The van der Waals surface area contributed by atoms with Crippen LogP contribution < -0.4 is 20.9 Å². The second-order valence-corrected chi connectivity index (χ2v) is 5.97. The lowest BCUT2D eigenvalue weighted by Crippen LogP contribution is -2.13.